The minimum Gasteiger partial charge on any atom is -0.497 e. The number of non-ortho nitro benzene ring substituents is 1. The zero-order valence-corrected chi connectivity index (χ0v) is 18.7. The Hall–Kier alpha value is -3.79. The van der Waals surface area contributed by atoms with Gasteiger partial charge >= 0.3 is 0 Å². The standard InChI is InChI=1S/C24H23N3O7/c1-33-15-8-5-13(6-9-15)22(28)21-20-19(16-4-3-11-25(16)21)23(29)26(24(20)30)17-12-14(27(31)32)7-10-18(17)34-2/h5-10,12,16,19-21H,3-4,11H2,1-2H3/t16-,19+,20+,21+/m0/s1. The first-order valence-electron chi connectivity index (χ1n) is 11.0. The van der Waals surface area contributed by atoms with Crippen molar-refractivity contribution in [1.82, 2.24) is 4.90 Å². The third-order valence-electron chi connectivity index (χ3n) is 7.11. The smallest absolute Gasteiger partial charge is 0.271 e. The van der Waals surface area contributed by atoms with Crippen molar-refractivity contribution < 1.29 is 28.8 Å². The van der Waals surface area contributed by atoms with E-state index in [1.165, 1.54) is 32.4 Å². The molecular formula is C24H23N3O7. The average molecular weight is 465 g/mol. The summed E-state index contributed by atoms with van der Waals surface area (Å²) in [6.07, 6.45) is 1.52. The molecule has 3 aliphatic heterocycles. The van der Waals surface area contributed by atoms with E-state index in [0.717, 1.165) is 11.3 Å². The van der Waals surface area contributed by atoms with Crippen LogP contribution in [0.4, 0.5) is 11.4 Å². The van der Waals surface area contributed by atoms with E-state index in [0.29, 0.717) is 24.3 Å². The second-order valence-corrected chi connectivity index (χ2v) is 8.66. The number of ketones is 1. The maximum Gasteiger partial charge on any atom is 0.271 e. The minimum atomic E-state index is -0.864. The third-order valence-corrected chi connectivity index (χ3v) is 7.11. The number of ether oxygens (including phenoxy) is 2. The first-order chi connectivity index (χ1) is 16.4. The number of amides is 2. The van der Waals surface area contributed by atoms with Crippen LogP contribution in [-0.2, 0) is 9.59 Å². The van der Waals surface area contributed by atoms with Crippen molar-refractivity contribution in [2.75, 3.05) is 25.7 Å². The number of nitrogens with zero attached hydrogens (tertiary/aromatic N) is 3. The Balaban J connectivity index is 1.56. The molecule has 10 heteroatoms. The molecule has 4 atom stereocenters. The van der Waals surface area contributed by atoms with Crippen LogP contribution in [0.3, 0.4) is 0 Å². The molecule has 0 spiro atoms. The lowest BCUT2D eigenvalue weighted by Gasteiger charge is -2.28. The highest BCUT2D eigenvalue weighted by Gasteiger charge is 2.65. The molecule has 2 aromatic rings. The molecule has 0 radical (unpaired) electrons. The lowest BCUT2D eigenvalue weighted by atomic mass is 9.85. The molecule has 2 aromatic carbocycles. The number of rotatable bonds is 6. The molecule has 3 fully saturated rings. The summed E-state index contributed by atoms with van der Waals surface area (Å²) in [6, 6.07) is 9.45. The summed E-state index contributed by atoms with van der Waals surface area (Å²) in [7, 11) is 2.90. The summed E-state index contributed by atoms with van der Waals surface area (Å²) < 4.78 is 10.5. The lowest BCUT2D eigenvalue weighted by molar-refractivity contribution is -0.384. The minimum absolute atomic E-state index is 0.0290. The van der Waals surface area contributed by atoms with Gasteiger partial charge in [0.25, 0.3) is 5.69 Å². The van der Waals surface area contributed by atoms with Crippen LogP contribution < -0.4 is 14.4 Å². The zero-order valence-electron chi connectivity index (χ0n) is 18.7. The molecule has 3 heterocycles. The van der Waals surface area contributed by atoms with Crippen molar-refractivity contribution in [1.29, 1.82) is 0 Å². The number of hydrogen-bond acceptors (Lipinski definition) is 8. The number of hydrogen-bond donors (Lipinski definition) is 0. The van der Waals surface area contributed by atoms with Crippen LogP contribution in [0.2, 0.25) is 0 Å². The van der Waals surface area contributed by atoms with Crippen LogP contribution in [0.15, 0.2) is 42.5 Å². The summed E-state index contributed by atoms with van der Waals surface area (Å²) in [5.74, 6) is -1.98. The quantitative estimate of drug-likeness (QED) is 0.276. The lowest BCUT2D eigenvalue weighted by Crippen LogP contribution is -2.46. The Morgan fingerprint density at radius 2 is 1.74 bits per heavy atom. The van der Waals surface area contributed by atoms with E-state index < -0.39 is 34.6 Å². The summed E-state index contributed by atoms with van der Waals surface area (Å²) in [5.41, 5.74) is 0.201. The molecule has 2 amide bonds. The molecular weight excluding hydrogens is 442 g/mol. The van der Waals surface area contributed by atoms with Gasteiger partial charge in [0.05, 0.1) is 37.0 Å². The number of nitro groups is 1. The summed E-state index contributed by atoms with van der Waals surface area (Å²) in [6.45, 7) is 0.630. The van der Waals surface area contributed by atoms with Crippen molar-refractivity contribution >= 4 is 29.0 Å². The first kappa shape index (κ1) is 22.0. The highest BCUT2D eigenvalue weighted by Crippen LogP contribution is 2.50. The normalized spacial score (nSPS) is 25.9. The molecule has 0 saturated carbocycles. The predicted octanol–water partition coefficient (Wildman–Crippen LogP) is 2.45. The number of carbonyl (C=O) groups is 3. The Bertz CT molecular complexity index is 1200. The third kappa shape index (κ3) is 3.17. The van der Waals surface area contributed by atoms with Crippen LogP contribution in [0.5, 0.6) is 11.5 Å². The number of methoxy groups -OCH3 is 2. The maximum atomic E-state index is 13.7. The Labute approximate surface area is 195 Å². The first-order valence-corrected chi connectivity index (χ1v) is 11.0. The van der Waals surface area contributed by atoms with Gasteiger partial charge < -0.3 is 9.47 Å². The van der Waals surface area contributed by atoms with E-state index in [-0.39, 0.29) is 28.9 Å². The molecule has 3 saturated heterocycles. The fourth-order valence-corrected chi connectivity index (χ4v) is 5.65. The number of nitro benzene ring substituents is 1. The van der Waals surface area contributed by atoms with Gasteiger partial charge in [-0.3, -0.25) is 29.4 Å². The topological polar surface area (TPSA) is 119 Å². The van der Waals surface area contributed by atoms with Gasteiger partial charge in [-0.15, -0.1) is 0 Å². The van der Waals surface area contributed by atoms with Crippen molar-refractivity contribution in [3.8, 4) is 11.5 Å². The van der Waals surface area contributed by atoms with Gasteiger partial charge in [-0.1, -0.05) is 0 Å². The molecule has 0 aromatic heterocycles. The molecule has 0 bridgehead atoms. The average Bonchev–Trinajstić information content (AvgIpc) is 3.50. The number of imide groups is 1. The highest BCUT2D eigenvalue weighted by molar-refractivity contribution is 6.25. The molecule has 0 unspecified atom stereocenters. The van der Waals surface area contributed by atoms with Crippen molar-refractivity contribution in [2.45, 2.75) is 24.9 Å². The van der Waals surface area contributed by atoms with Gasteiger partial charge in [0.15, 0.2) is 5.78 Å². The van der Waals surface area contributed by atoms with E-state index >= 15 is 0 Å². The fraction of sp³-hybridized carbons (Fsp3) is 0.375. The zero-order chi connectivity index (χ0) is 24.1. The van der Waals surface area contributed by atoms with Crippen LogP contribution in [0, 0.1) is 22.0 Å². The Kier molecular flexibility index (Phi) is 5.32. The number of Topliss-reactive ketones (excluding diaryl/α,β-unsaturated/α-hetero) is 1. The second-order valence-electron chi connectivity index (χ2n) is 8.66. The van der Waals surface area contributed by atoms with E-state index in [9.17, 15) is 24.5 Å². The molecule has 5 rings (SSSR count). The number of benzene rings is 2. The Morgan fingerprint density at radius 3 is 2.38 bits per heavy atom. The van der Waals surface area contributed by atoms with Gasteiger partial charge in [0, 0.05) is 23.7 Å². The number of fused-ring (bicyclic) bond motifs is 3. The molecule has 10 nitrogen and oxygen atoms in total. The molecule has 34 heavy (non-hydrogen) atoms. The molecule has 176 valence electrons. The van der Waals surface area contributed by atoms with Gasteiger partial charge in [0.2, 0.25) is 11.8 Å². The van der Waals surface area contributed by atoms with Crippen LogP contribution in [0.1, 0.15) is 23.2 Å². The van der Waals surface area contributed by atoms with Crippen LogP contribution in [0.25, 0.3) is 0 Å². The van der Waals surface area contributed by atoms with Gasteiger partial charge in [0.1, 0.15) is 17.2 Å². The molecule has 0 aliphatic carbocycles. The molecule has 0 N–H and O–H groups in total. The van der Waals surface area contributed by atoms with Crippen molar-refractivity contribution in [3.63, 3.8) is 0 Å². The highest BCUT2D eigenvalue weighted by atomic mass is 16.6. The van der Waals surface area contributed by atoms with E-state index in [4.69, 9.17) is 9.47 Å². The van der Waals surface area contributed by atoms with Gasteiger partial charge in [-0.05, 0) is 49.7 Å². The maximum absolute atomic E-state index is 13.7. The van der Waals surface area contributed by atoms with Crippen LogP contribution >= 0.6 is 0 Å². The summed E-state index contributed by atoms with van der Waals surface area (Å²) in [4.78, 5) is 54.6. The monoisotopic (exact) mass is 465 g/mol. The van der Waals surface area contributed by atoms with Crippen LogP contribution in [-0.4, -0.2) is 60.3 Å². The van der Waals surface area contributed by atoms with Gasteiger partial charge in [-0.25, -0.2) is 4.90 Å². The predicted molar refractivity (Wildman–Crippen MR) is 120 cm³/mol. The largest absolute Gasteiger partial charge is 0.497 e. The molecule has 3 aliphatic rings. The second kappa shape index (κ2) is 8.21. The fourth-order valence-electron chi connectivity index (χ4n) is 5.65. The number of carbonyl (C=O) groups excluding carboxylic acids is 3. The van der Waals surface area contributed by atoms with Crippen molar-refractivity contribution in [3.05, 3.63) is 58.1 Å². The van der Waals surface area contributed by atoms with Crippen molar-refractivity contribution in [2.24, 2.45) is 11.8 Å². The summed E-state index contributed by atoms with van der Waals surface area (Å²) >= 11 is 0. The van der Waals surface area contributed by atoms with E-state index in [2.05, 4.69) is 0 Å². The SMILES string of the molecule is COc1ccc(C(=O)[C@H]2[C@@H]3C(=O)N(c4cc([N+](=O)[O-])ccc4OC)C(=O)[C@@H]3[C@@H]3CCCN32)cc1. The van der Waals surface area contributed by atoms with E-state index in [1.807, 2.05) is 4.90 Å². The summed E-state index contributed by atoms with van der Waals surface area (Å²) in [5, 5.41) is 11.3. The van der Waals surface area contributed by atoms with E-state index in [1.54, 1.807) is 24.3 Å². The Morgan fingerprint density at radius 1 is 1.03 bits per heavy atom. The van der Waals surface area contributed by atoms with Gasteiger partial charge in [-0.2, -0.15) is 0 Å². The number of anilines is 1.